The van der Waals surface area contributed by atoms with Gasteiger partial charge in [0.15, 0.2) is 0 Å². The van der Waals surface area contributed by atoms with Crippen molar-refractivity contribution < 1.29 is 19.2 Å². The van der Waals surface area contributed by atoms with E-state index in [4.69, 9.17) is 11.5 Å². The molecule has 8 nitrogen and oxygen atoms in total. The minimum absolute atomic E-state index is 0.126. The Morgan fingerprint density at radius 1 is 0.190 bits per heavy atom. The van der Waals surface area contributed by atoms with Crippen molar-refractivity contribution >= 4 is 23.6 Å². The molecule has 0 aromatic heterocycles. The number of nitrogens with two attached hydrogens (primary N) is 2. The molecule has 0 bridgehead atoms. The van der Waals surface area contributed by atoms with Gasteiger partial charge in [-0.3, -0.25) is 19.2 Å². The molecule has 0 aliphatic heterocycles. The van der Waals surface area contributed by atoms with Gasteiger partial charge in [0, 0.05) is 38.8 Å². The Morgan fingerprint density at radius 2 is 0.310 bits per heavy atom. The van der Waals surface area contributed by atoms with Gasteiger partial charge in [-0.05, 0) is 25.7 Å². The van der Waals surface area contributed by atoms with Gasteiger partial charge in [-0.2, -0.15) is 0 Å². The maximum absolute atomic E-state index is 12.0. The summed E-state index contributed by atoms with van der Waals surface area (Å²) in [5.41, 5.74) is 10.3. The van der Waals surface area contributed by atoms with Crippen LogP contribution in [0.15, 0.2) is 0 Å². The summed E-state index contributed by atoms with van der Waals surface area (Å²) < 4.78 is 0. The standard InChI is InChI=1S/2C38H76N2O2/c1-3-5-7-9-11-13-15-17-19-21-23-25-27-29-31-33-37(41)39-35-36-40-38(42)34-32-30-28-26-24-22-20-18-16-14-12-10-8-6-4-2;39-37(41)35-33-31-29-27-25-23-21-19-17-15-13-11-9-7-5-3-1-2-4-6-8-10-12-14-16-18-20-22-24-26-28-30-32-34-36-38(40)42/h3-36H2,1-2H3,(H,39,41)(H,40,42);1-36H2,(H2,39,41)(H2,40,42). The molecule has 0 fully saturated rings. The third-order valence-corrected chi connectivity index (χ3v) is 17.9. The van der Waals surface area contributed by atoms with Crippen LogP contribution < -0.4 is 22.1 Å². The molecule has 0 saturated carbocycles. The van der Waals surface area contributed by atoms with E-state index in [9.17, 15) is 19.2 Å². The van der Waals surface area contributed by atoms with Gasteiger partial charge in [0.05, 0.1) is 0 Å². The number of rotatable bonds is 72. The number of primary amides is 2. The van der Waals surface area contributed by atoms with Crippen molar-refractivity contribution in [2.24, 2.45) is 11.5 Å². The topological polar surface area (TPSA) is 144 Å². The molecular weight excluding hydrogens is 1030 g/mol. The molecule has 0 saturated heterocycles. The summed E-state index contributed by atoms with van der Waals surface area (Å²) >= 11 is 0. The lowest BCUT2D eigenvalue weighted by Gasteiger charge is -2.07. The lowest BCUT2D eigenvalue weighted by atomic mass is 10.0. The Hall–Kier alpha value is -2.12. The first-order valence-corrected chi connectivity index (χ1v) is 38.4. The van der Waals surface area contributed by atoms with E-state index in [1.165, 1.54) is 360 Å². The fourth-order valence-corrected chi connectivity index (χ4v) is 12.1. The number of carbonyl (C=O) groups excluding carboxylic acids is 4. The van der Waals surface area contributed by atoms with Crippen LogP contribution in [-0.4, -0.2) is 36.7 Å². The Kier molecular flexibility index (Phi) is 76.9. The van der Waals surface area contributed by atoms with Crippen LogP contribution in [0.1, 0.15) is 450 Å². The van der Waals surface area contributed by atoms with E-state index in [0.717, 1.165) is 51.4 Å². The Labute approximate surface area is 526 Å². The highest BCUT2D eigenvalue weighted by Gasteiger charge is 2.05. The normalized spacial score (nSPS) is 11.3. The van der Waals surface area contributed by atoms with Crippen LogP contribution in [0.5, 0.6) is 0 Å². The second kappa shape index (κ2) is 77.0. The fourth-order valence-electron chi connectivity index (χ4n) is 12.1. The van der Waals surface area contributed by atoms with Crippen LogP contribution in [-0.2, 0) is 19.2 Å². The largest absolute Gasteiger partial charge is 0.370 e. The van der Waals surface area contributed by atoms with Gasteiger partial charge in [0.25, 0.3) is 0 Å². The van der Waals surface area contributed by atoms with Gasteiger partial charge in [0.1, 0.15) is 0 Å². The molecule has 500 valence electrons. The molecule has 8 heteroatoms. The molecule has 0 aliphatic carbocycles. The van der Waals surface area contributed by atoms with Crippen molar-refractivity contribution in [3.63, 3.8) is 0 Å². The van der Waals surface area contributed by atoms with Gasteiger partial charge < -0.3 is 22.1 Å². The first-order chi connectivity index (χ1) is 41.3. The molecular formula is C76H152N4O4. The van der Waals surface area contributed by atoms with Crippen LogP contribution in [0, 0.1) is 0 Å². The maximum Gasteiger partial charge on any atom is 0.220 e. The zero-order chi connectivity index (χ0) is 61.2. The average Bonchev–Trinajstić information content (AvgIpc) is 3.48. The third kappa shape index (κ3) is 81.9. The third-order valence-electron chi connectivity index (χ3n) is 17.9. The zero-order valence-corrected chi connectivity index (χ0v) is 57.3. The highest BCUT2D eigenvalue weighted by Crippen LogP contribution is 2.20. The predicted octanol–water partition coefficient (Wildman–Crippen LogP) is 23.7. The molecule has 4 amide bonds. The molecule has 0 aromatic rings. The van der Waals surface area contributed by atoms with E-state index < -0.39 is 0 Å². The van der Waals surface area contributed by atoms with Crippen LogP contribution in [0.4, 0.5) is 0 Å². The number of carbonyl (C=O) groups is 4. The van der Waals surface area contributed by atoms with Gasteiger partial charge in [-0.15, -0.1) is 0 Å². The minimum Gasteiger partial charge on any atom is -0.370 e. The van der Waals surface area contributed by atoms with Gasteiger partial charge in [-0.1, -0.05) is 399 Å². The van der Waals surface area contributed by atoms with Crippen LogP contribution in [0.3, 0.4) is 0 Å². The van der Waals surface area contributed by atoms with Crippen molar-refractivity contribution in [3.05, 3.63) is 0 Å². The number of amides is 4. The second-order valence-electron chi connectivity index (χ2n) is 26.6. The highest BCUT2D eigenvalue weighted by molar-refractivity contribution is 5.77. The van der Waals surface area contributed by atoms with E-state index in [1.54, 1.807) is 0 Å². The highest BCUT2D eigenvalue weighted by atomic mass is 16.2. The first kappa shape index (κ1) is 83.9. The zero-order valence-electron chi connectivity index (χ0n) is 57.3. The number of nitrogens with one attached hydrogen (secondary N) is 2. The van der Waals surface area contributed by atoms with Gasteiger partial charge in [0.2, 0.25) is 23.6 Å². The lowest BCUT2D eigenvalue weighted by molar-refractivity contribution is -0.123. The number of hydrogen-bond donors (Lipinski definition) is 4. The molecule has 0 aliphatic rings. The molecule has 0 aromatic carbocycles. The van der Waals surface area contributed by atoms with Gasteiger partial charge >= 0.3 is 0 Å². The smallest absolute Gasteiger partial charge is 0.220 e. The van der Waals surface area contributed by atoms with E-state index >= 15 is 0 Å². The molecule has 0 spiro atoms. The van der Waals surface area contributed by atoms with E-state index in [0.29, 0.717) is 38.8 Å². The summed E-state index contributed by atoms with van der Waals surface area (Å²) in [6, 6.07) is 0. The Balaban J connectivity index is 0. The average molecular weight is 1190 g/mol. The van der Waals surface area contributed by atoms with E-state index in [2.05, 4.69) is 24.5 Å². The quantitative estimate of drug-likeness (QED) is 0.0450. The molecule has 0 radical (unpaired) electrons. The summed E-state index contributed by atoms with van der Waals surface area (Å²) in [7, 11) is 0. The summed E-state index contributed by atoms with van der Waals surface area (Å²) in [5, 5.41) is 5.91. The molecule has 84 heavy (non-hydrogen) atoms. The van der Waals surface area contributed by atoms with Crippen molar-refractivity contribution in [3.8, 4) is 0 Å². The Bertz CT molecular complexity index is 1200. The summed E-state index contributed by atoms with van der Waals surface area (Å²) in [6.45, 7) is 5.65. The molecule has 0 atom stereocenters. The monoisotopic (exact) mass is 1190 g/mol. The summed E-state index contributed by atoms with van der Waals surface area (Å²) in [5.74, 6) is -0.0515. The fraction of sp³-hybridized carbons (Fsp3) is 0.947. The van der Waals surface area contributed by atoms with E-state index in [1.807, 2.05) is 0 Å². The lowest BCUT2D eigenvalue weighted by Crippen LogP contribution is -2.34. The Morgan fingerprint density at radius 3 is 0.440 bits per heavy atom. The van der Waals surface area contributed by atoms with Crippen LogP contribution in [0.25, 0.3) is 0 Å². The van der Waals surface area contributed by atoms with Crippen molar-refractivity contribution in [1.82, 2.24) is 10.6 Å². The van der Waals surface area contributed by atoms with Crippen molar-refractivity contribution in [2.45, 2.75) is 450 Å². The molecule has 6 N–H and O–H groups in total. The van der Waals surface area contributed by atoms with Crippen molar-refractivity contribution in [1.29, 1.82) is 0 Å². The molecule has 0 heterocycles. The van der Waals surface area contributed by atoms with Gasteiger partial charge in [-0.25, -0.2) is 0 Å². The molecule has 0 unspecified atom stereocenters. The first-order valence-electron chi connectivity index (χ1n) is 38.4. The number of hydrogen-bond acceptors (Lipinski definition) is 4. The molecule has 0 rings (SSSR count). The van der Waals surface area contributed by atoms with E-state index in [-0.39, 0.29) is 23.6 Å². The number of unbranched alkanes of at least 4 members (excludes halogenated alkanes) is 61. The van der Waals surface area contributed by atoms with Crippen molar-refractivity contribution in [2.75, 3.05) is 13.1 Å². The summed E-state index contributed by atoms with van der Waals surface area (Å²) in [4.78, 5) is 45.5. The maximum atomic E-state index is 12.0. The summed E-state index contributed by atoms with van der Waals surface area (Å²) in [6.07, 6.45) is 89.4. The predicted molar refractivity (Wildman–Crippen MR) is 370 cm³/mol. The van der Waals surface area contributed by atoms with Crippen LogP contribution >= 0.6 is 0 Å². The second-order valence-corrected chi connectivity index (χ2v) is 26.6. The minimum atomic E-state index is -0.152. The van der Waals surface area contributed by atoms with Crippen LogP contribution in [0.2, 0.25) is 0 Å². The SMILES string of the molecule is CCCCCCCCCCCCCCCCCC(=O)NCCNC(=O)CCCCCCCCCCCCCCCCC.NC(=O)CCCCCCCCCCCCCCCCCCCCCCCCCCCCCCCCCCCCC(N)=O.